The van der Waals surface area contributed by atoms with Crippen LogP contribution in [0.5, 0.6) is 0 Å². The number of fused-ring (bicyclic) bond motifs is 1. The van der Waals surface area contributed by atoms with Gasteiger partial charge in [-0.15, -0.1) is 0 Å². The van der Waals surface area contributed by atoms with E-state index in [0.29, 0.717) is 37.2 Å². The molecule has 3 N–H and O–H groups in total. The summed E-state index contributed by atoms with van der Waals surface area (Å²) in [5.74, 6) is -0.189. The lowest BCUT2D eigenvalue weighted by atomic mass is 9.59. The van der Waals surface area contributed by atoms with E-state index in [1.165, 1.54) is 4.90 Å². The first kappa shape index (κ1) is 22.8. The molecule has 3 atom stereocenters. The van der Waals surface area contributed by atoms with Crippen LogP contribution in [0.4, 0.5) is 0 Å². The average molecular weight is 439 g/mol. The third kappa shape index (κ3) is 3.70. The Hall–Kier alpha value is -2.43. The van der Waals surface area contributed by atoms with E-state index in [4.69, 9.17) is 20.6 Å². The van der Waals surface area contributed by atoms with Crippen LogP contribution in [0.2, 0.25) is 0 Å². The van der Waals surface area contributed by atoms with Crippen LogP contribution < -0.4 is 5.73 Å². The monoisotopic (exact) mass is 438 g/mol. The minimum atomic E-state index is -0.429. The summed E-state index contributed by atoms with van der Waals surface area (Å²) < 4.78 is 11.2. The van der Waals surface area contributed by atoms with Gasteiger partial charge in [0.2, 0.25) is 5.91 Å². The predicted molar refractivity (Wildman–Crippen MR) is 121 cm³/mol. The van der Waals surface area contributed by atoms with Crippen molar-refractivity contribution in [2.45, 2.75) is 52.1 Å². The maximum atomic E-state index is 14.2. The van der Waals surface area contributed by atoms with Crippen molar-refractivity contribution in [3.63, 3.8) is 0 Å². The number of methoxy groups -OCH3 is 1. The molecule has 32 heavy (non-hydrogen) atoms. The maximum Gasteiger partial charge on any atom is 0.237 e. The van der Waals surface area contributed by atoms with Crippen molar-refractivity contribution in [1.29, 1.82) is 10.7 Å². The third-order valence-corrected chi connectivity index (χ3v) is 7.84. The Labute approximate surface area is 190 Å². The fourth-order valence-corrected chi connectivity index (χ4v) is 6.67. The number of ether oxygens (including phenoxy) is 2. The normalized spacial score (nSPS) is 32.6. The van der Waals surface area contributed by atoms with Gasteiger partial charge in [0.1, 0.15) is 0 Å². The Morgan fingerprint density at radius 1 is 1.34 bits per heavy atom. The molecule has 1 saturated heterocycles. The molecule has 1 heterocycles. The lowest BCUT2D eigenvalue weighted by molar-refractivity contribution is -0.144. The molecule has 7 nitrogen and oxygen atoms in total. The number of carbonyl (C=O) groups is 1. The second-order valence-corrected chi connectivity index (χ2v) is 10.7. The first-order valence-corrected chi connectivity index (χ1v) is 11.4. The molecule has 1 aromatic rings. The number of nitrogens with two attached hydrogens (primary N) is 1. The van der Waals surface area contributed by atoms with Crippen LogP contribution in [-0.4, -0.2) is 49.7 Å². The van der Waals surface area contributed by atoms with Crippen LogP contribution in [0, 0.1) is 39.4 Å². The highest BCUT2D eigenvalue weighted by molar-refractivity contribution is 5.99. The summed E-state index contributed by atoms with van der Waals surface area (Å²) in [5, 5.41) is 17.7. The molecule has 2 fully saturated rings. The summed E-state index contributed by atoms with van der Waals surface area (Å²) in [6, 6.07) is 7.93. The summed E-state index contributed by atoms with van der Waals surface area (Å²) >= 11 is 0. The Kier molecular flexibility index (Phi) is 5.81. The molecule has 3 unspecified atom stereocenters. The highest BCUT2D eigenvalue weighted by Crippen LogP contribution is 2.58. The Morgan fingerprint density at radius 2 is 2.00 bits per heavy atom. The number of hydrogen-bond acceptors (Lipinski definition) is 5. The first-order valence-electron chi connectivity index (χ1n) is 11.4. The molecule has 1 saturated carbocycles. The van der Waals surface area contributed by atoms with E-state index < -0.39 is 5.92 Å². The Balaban J connectivity index is 1.77. The number of nitriles is 1. The highest BCUT2D eigenvalue weighted by atomic mass is 16.5. The molecule has 3 aliphatic rings. The summed E-state index contributed by atoms with van der Waals surface area (Å²) in [6.07, 6.45) is 2.66. The van der Waals surface area contributed by atoms with Crippen molar-refractivity contribution in [1.82, 2.24) is 4.90 Å². The molecule has 0 aromatic heterocycles. The number of benzene rings is 1. The Morgan fingerprint density at radius 3 is 2.50 bits per heavy atom. The number of carbonyl (C=O) groups excluding carboxylic acids is 1. The lowest BCUT2D eigenvalue weighted by Crippen LogP contribution is -2.56. The van der Waals surface area contributed by atoms with E-state index >= 15 is 0 Å². The number of nitrogens with zero attached hydrogens (tertiary/aromatic N) is 2. The largest absolute Gasteiger partial charge is 0.381 e. The third-order valence-electron chi connectivity index (χ3n) is 7.84. The smallest absolute Gasteiger partial charge is 0.237 e. The van der Waals surface area contributed by atoms with E-state index in [1.54, 1.807) is 7.11 Å². The van der Waals surface area contributed by atoms with Crippen molar-refractivity contribution in [3.8, 4) is 6.07 Å². The predicted octanol–water partition coefficient (Wildman–Crippen LogP) is 3.02. The van der Waals surface area contributed by atoms with Crippen molar-refractivity contribution in [2.75, 3.05) is 26.9 Å². The minimum absolute atomic E-state index is 0.130. The molecule has 4 rings (SSSR count). The number of nitrogens with one attached hydrogen (secondary N) is 1. The van der Waals surface area contributed by atoms with Crippen molar-refractivity contribution < 1.29 is 14.3 Å². The van der Waals surface area contributed by atoms with E-state index in [-0.39, 0.29) is 28.8 Å². The summed E-state index contributed by atoms with van der Waals surface area (Å²) in [7, 11) is 1.76. The molecule has 1 aliphatic heterocycles. The van der Waals surface area contributed by atoms with Crippen molar-refractivity contribution in [3.05, 3.63) is 34.9 Å². The molecule has 1 aromatic carbocycles. The van der Waals surface area contributed by atoms with Crippen LogP contribution in [0.15, 0.2) is 18.2 Å². The molecular weight excluding hydrogens is 404 g/mol. The van der Waals surface area contributed by atoms with Gasteiger partial charge in [0.15, 0.2) is 5.96 Å². The van der Waals surface area contributed by atoms with Gasteiger partial charge in [-0.3, -0.25) is 15.1 Å². The zero-order valence-corrected chi connectivity index (χ0v) is 19.5. The van der Waals surface area contributed by atoms with Gasteiger partial charge in [-0.2, -0.15) is 5.26 Å². The number of amides is 1. The van der Waals surface area contributed by atoms with Crippen LogP contribution in [0.3, 0.4) is 0 Å². The van der Waals surface area contributed by atoms with Gasteiger partial charge >= 0.3 is 0 Å². The zero-order chi connectivity index (χ0) is 23.3. The quantitative estimate of drug-likeness (QED) is 0.554. The van der Waals surface area contributed by atoms with Crippen molar-refractivity contribution >= 4 is 11.9 Å². The van der Waals surface area contributed by atoms with Gasteiger partial charge in [-0.25, -0.2) is 0 Å². The van der Waals surface area contributed by atoms with Crippen LogP contribution >= 0.6 is 0 Å². The fourth-order valence-electron chi connectivity index (χ4n) is 6.67. The summed E-state index contributed by atoms with van der Waals surface area (Å²) in [5.41, 5.74) is 8.09. The topological polar surface area (TPSA) is 112 Å². The summed E-state index contributed by atoms with van der Waals surface area (Å²) in [6.45, 7) is 7.93. The standard InChI is InChI=1S/C25H34N4O3/c1-15-8-25(9-16(2)21(15)31-4)10-18-6-5-17(11-26)7-19(18)20(25)22(30)29(23(27)28)12-24(3)13-32-14-24/h5-7,15-16,20-21H,8-10,12-14H2,1-4H3,(H3,27,28). The molecule has 0 bridgehead atoms. The Bertz CT molecular complexity index is 952. The number of guanidine groups is 1. The van der Waals surface area contributed by atoms with E-state index in [0.717, 1.165) is 30.4 Å². The molecule has 0 radical (unpaired) electrons. The summed E-state index contributed by atoms with van der Waals surface area (Å²) in [4.78, 5) is 15.6. The number of rotatable bonds is 4. The SMILES string of the molecule is COC1C(C)CC2(Cc3ccc(C#N)cc3C2C(=O)N(CC2(C)COC2)C(=N)N)CC1C. The second-order valence-electron chi connectivity index (χ2n) is 10.7. The zero-order valence-electron chi connectivity index (χ0n) is 19.5. The fraction of sp³-hybridized carbons (Fsp3) is 0.640. The first-order chi connectivity index (χ1) is 15.1. The second kappa shape index (κ2) is 8.17. The van der Waals surface area contributed by atoms with E-state index in [2.05, 4.69) is 26.8 Å². The van der Waals surface area contributed by atoms with Gasteiger partial charge in [-0.1, -0.05) is 26.8 Å². The van der Waals surface area contributed by atoms with E-state index in [1.807, 2.05) is 18.2 Å². The molecule has 7 heteroatoms. The van der Waals surface area contributed by atoms with Crippen molar-refractivity contribution in [2.24, 2.45) is 28.4 Å². The molecule has 1 spiro atoms. The molecule has 2 aliphatic carbocycles. The highest BCUT2D eigenvalue weighted by Gasteiger charge is 2.56. The van der Waals surface area contributed by atoms with Gasteiger partial charge in [0.25, 0.3) is 0 Å². The van der Waals surface area contributed by atoms with Crippen LogP contribution in [-0.2, 0) is 20.7 Å². The van der Waals surface area contributed by atoms with E-state index in [9.17, 15) is 10.1 Å². The minimum Gasteiger partial charge on any atom is -0.381 e. The average Bonchev–Trinajstić information content (AvgIpc) is 3.01. The van der Waals surface area contributed by atoms with Crippen LogP contribution in [0.25, 0.3) is 0 Å². The van der Waals surface area contributed by atoms with Gasteiger partial charge in [-0.05, 0) is 59.8 Å². The molecule has 1 amide bonds. The molecule has 172 valence electrons. The van der Waals surface area contributed by atoms with Crippen LogP contribution in [0.1, 0.15) is 56.2 Å². The number of hydrogen-bond donors (Lipinski definition) is 2. The molecular formula is C25H34N4O3. The van der Waals surface area contributed by atoms with Gasteiger partial charge in [0.05, 0.1) is 36.9 Å². The van der Waals surface area contributed by atoms with Gasteiger partial charge in [0, 0.05) is 19.1 Å². The maximum absolute atomic E-state index is 14.2. The lowest BCUT2D eigenvalue weighted by Gasteiger charge is -2.49. The van der Waals surface area contributed by atoms with Gasteiger partial charge < -0.3 is 15.2 Å².